The maximum absolute atomic E-state index is 11.8. The van der Waals surface area contributed by atoms with E-state index in [1.54, 1.807) is 37.3 Å². The highest BCUT2D eigenvalue weighted by atomic mass is 32.2. The zero-order chi connectivity index (χ0) is 18.2. The highest BCUT2D eigenvalue weighted by Gasteiger charge is 2.08. The fourth-order valence-electron chi connectivity index (χ4n) is 1.82. The molecule has 132 valence electrons. The molecule has 0 unspecified atom stereocenters. The predicted molar refractivity (Wildman–Crippen MR) is 95.5 cm³/mol. The maximum atomic E-state index is 11.8. The molecule has 2 rings (SSSR count). The second-order valence-electron chi connectivity index (χ2n) is 4.98. The minimum atomic E-state index is -0.660. The van der Waals surface area contributed by atoms with E-state index in [-0.39, 0.29) is 23.3 Å². The lowest BCUT2D eigenvalue weighted by Crippen LogP contribution is -2.19. The van der Waals surface area contributed by atoms with Gasteiger partial charge in [-0.3, -0.25) is 9.59 Å². The van der Waals surface area contributed by atoms with Crippen molar-refractivity contribution in [1.82, 2.24) is 5.16 Å². The zero-order valence-electron chi connectivity index (χ0n) is 13.4. The van der Waals surface area contributed by atoms with Crippen LogP contribution in [0.25, 0.3) is 0 Å². The van der Waals surface area contributed by atoms with Gasteiger partial charge in [-0.2, -0.15) is 0 Å². The molecule has 10 heteroatoms. The lowest BCUT2D eigenvalue weighted by molar-refractivity contribution is -0.114. The Morgan fingerprint density at radius 1 is 1.04 bits per heavy atom. The Bertz CT molecular complexity index is 760. The van der Waals surface area contributed by atoms with Crippen LogP contribution >= 0.6 is 11.8 Å². The third kappa shape index (κ3) is 6.55. The molecule has 1 aromatic heterocycles. The number of benzene rings is 1. The SMILES string of the molecule is Cc1cc(NC(=O)CSCC(=O)Nc2ccc(NC(N)=O)cc2)no1. The zero-order valence-corrected chi connectivity index (χ0v) is 14.2. The van der Waals surface area contributed by atoms with Gasteiger partial charge in [0.1, 0.15) is 5.76 Å². The smallest absolute Gasteiger partial charge is 0.316 e. The molecule has 9 nitrogen and oxygen atoms in total. The second-order valence-corrected chi connectivity index (χ2v) is 5.96. The van der Waals surface area contributed by atoms with Crippen molar-refractivity contribution in [1.29, 1.82) is 0 Å². The van der Waals surface area contributed by atoms with Crippen molar-refractivity contribution in [3.05, 3.63) is 36.1 Å². The molecule has 5 N–H and O–H groups in total. The van der Waals surface area contributed by atoms with Crippen molar-refractivity contribution in [2.75, 3.05) is 27.5 Å². The van der Waals surface area contributed by atoms with Gasteiger partial charge in [-0.1, -0.05) is 5.16 Å². The number of anilines is 3. The molecule has 0 spiro atoms. The van der Waals surface area contributed by atoms with Gasteiger partial charge < -0.3 is 26.2 Å². The Morgan fingerprint density at radius 2 is 1.60 bits per heavy atom. The van der Waals surface area contributed by atoms with Crippen molar-refractivity contribution in [2.45, 2.75) is 6.92 Å². The van der Waals surface area contributed by atoms with Crippen LogP contribution in [-0.2, 0) is 9.59 Å². The number of aromatic nitrogens is 1. The number of rotatable bonds is 7. The predicted octanol–water partition coefficient (Wildman–Crippen LogP) is 1.78. The summed E-state index contributed by atoms with van der Waals surface area (Å²) in [6.07, 6.45) is 0. The van der Waals surface area contributed by atoms with E-state index in [0.29, 0.717) is 23.0 Å². The van der Waals surface area contributed by atoms with Crippen LogP contribution in [0.5, 0.6) is 0 Å². The third-order valence-corrected chi connectivity index (χ3v) is 3.73. The molecule has 1 heterocycles. The summed E-state index contributed by atoms with van der Waals surface area (Å²) in [6.45, 7) is 1.72. The standard InChI is InChI=1S/C15H17N5O4S/c1-9-6-12(20-24-9)19-14(22)8-25-7-13(21)17-10-2-4-11(5-3-10)18-15(16)23/h2-6H,7-8H2,1H3,(H,17,21)(H3,16,18,23)(H,19,20,22). The Hall–Kier alpha value is -3.01. The molecule has 0 radical (unpaired) electrons. The van der Waals surface area contributed by atoms with E-state index in [0.717, 1.165) is 0 Å². The molecule has 4 amide bonds. The van der Waals surface area contributed by atoms with Crippen LogP contribution < -0.4 is 21.7 Å². The molecule has 1 aromatic carbocycles. The molecule has 0 saturated heterocycles. The van der Waals surface area contributed by atoms with Crippen LogP contribution in [0, 0.1) is 6.92 Å². The molecule has 0 aliphatic heterocycles. The maximum Gasteiger partial charge on any atom is 0.316 e. The van der Waals surface area contributed by atoms with E-state index in [1.165, 1.54) is 11.8 Å². The number of primary amides is 1. The minimum Gasteiger partial charge on any atom is -0.360 e. The lowest BCUT2D eigenvalue weighted by atomic mass is 10.3. The number of nitrogens with two attached hydrogens (primary N) is 1. The molecule has 0 aliphatic rings. The average molecular weight is 363 g/mol. The van der Waals surface area contributed by atoms with Crippen molar-refractivity contribution in [2.24, 2.45) is 5.73 Å². The van der Waals surface area contributed by atoms with Crippen LogP contribution in [0.3, 0.4) is 0 Å². The number of hydrogen-bond acceptors (Lipinski definition) is 6. The lowest BCUT2D eigenvalue weighted by Gasteiger charge is -2.07. The molecular formula is C15H17N5O4S. The quantitative estimate of drug-likeness (QED) is 0.591. The summed E-state index contributed by atoms with van der Waals surface area (Å²) in [7, 11) is 0. The minimum absolute atomic E-state index is 0.112. The fourth-order valence-corrected chi connectivity index (χ4v) is 2.43. The van der Waals surface area contributed by atoms with Crippen LogP contribution in [0.4, 0.5) is 22.0 Å². The first-order valence-electron chi connectivity index (χ1n) is 7.19. The summed E-state index contributed by atoms with van der Waals surface area (Å²) in [5.41, 5.74) is 6.11. The second kappa shape index (κ2) is 8.73. The van der Waals surface area contributed by atoms with Crippen molar-refractivity contribution < 1.29 is 18.9 Å². The van der Waals surface area contributed by atoms with Gasteiger partial charge in [-0.05, 0) is 31.2 Å². The van der Waals surface area contributed by atoms with Crippen LogP contribution in [-0.4, -0.2) is 34.5 Å². The molecule has 25 heavy (non-hydrogen) atoms. The molecule has 0 fully saturated rings. The van der Waals surface area contributed by atoms with Gasteiger partial charge in [-0.15, -0.1) is 11.8 Å². The summed E-state index contributed by atoms with van der Waals surface area (Å²) >= 11 is 1.17. The van der Waals surface area contributed by atoms with Crippen molar-refractivity contribution in [3.8, 4) is 0 Å². The number of hydrogen-bond donors (Lipinski definition) is 4. The number of nitrogens with zero attached hydrogens (tertiary/aromatic N) is 1. The first-order chi connectivity index (χ1) is 11.9. The summed E-state index contributed by atoms with van der Waals surface area (Å²) in [5, 5.41) is 11.3. The topological polar surface area (TPSA) is 139 Å². The van der Waals surface area contributed by atoms with E-state index in [9.17, 15) is 14.4 Å². The molecular weight excluding hydrogens is 346 g/mol. The van der Waals surface area contributed by atoms with E-state index >= 15 is 0 Å². The Balaban J connectivity index is 1.69. The largest absolute Gasteiger partial charge is 0.360 e. The molecule has 0 bridgehead atoms. The normalized spacial score (nSPS) is 10.1. The number of urea groups is 1. The van der Waals surface area contributed by atoms with Crippen LogP contribution in [0.2, 0.25) is 0 Å². The van der Waals surface area contributed by atoms with Gasteiger partial charge in [0.15, 0.2) is 5.82 Å². The summed E-state index contributed by atoms with van der Waals surface area (Å²) in [6, 6.07) is 7.43. The van der Waals surface area contributed by atoms with Gasteiger partial charge in [0, 0.05) is 17.4 Å². The summed E-state index contributed by atoms with van der Waals surface area (Å²) in [4.78, 5) is 34.3. The highest BCUT2D eigenvalue weighted by molar-refractivity contribution is 8.00. The molecule has 2 aromatic rings. The first-order valence-corrected chi connectivity index (χ1v) is 8.35. The summed E-state index contributed by atoms with van der Waals surface area (Å²) in [5.74, 6) is 0.656. The fraction of sp³-hybridized carbons (Fsp3) is 0.200. The number of nitrogens with one attached hydrogen (secondary N) is 3. The first kappa shape index (κ1) is 18.3. The number of aryl methyl sites for hydroxylation is 1. The van der Waals surface area contributed by atoms with E-state index in [2.05, 4.69) is 21.1 Å². The average Bonchev–Trinajstić information content (AvgIpc) is 2.93. The monoisotopic (exact) mass is 363 g/mol. The Morgan fingerprint density at radius 3 is 2.12 bits per heavy atom. The van der Waals surface area contributed by atoms with Crippen LogP contribution in [0.1, 0.15) is 5.76 Å². The number of thioether (sulfide) groups is 1. The number of carbonyl (C=O) groups excluding carboxylic acids is 3. The number of carbonyl (C=O) groups is 3. The molecule has 0 atom stereocenters. The Labute approximate surface area is 147 Å². The van der Waals surface area contributed by atoms with E-state index in [1.807, 2.05) is 0 Å². The highest BCUT2D eigenvalue weighted by Crippen LogP contribution is 2.14. The third-order valence-electron chi connectivity index (χ3n) is 2.80. The van der Waals surface area contributed by atoms with Crippen molar-refractivity contribution in [3.63, 3.8) is 0 Å². The van der Waals surface area contributed by atoms with E-state index < -0.39 is 6.03 Å². The number of amides is 4. The van der Waals surface area contributed by atoms with Gasteiger partial charge in [0.05, 0.1) is 11.5 Å². The van der Waals surface area contributed by atoms with E-state index in [4.69, 9.17) is 10.3 Å². The summed E-state index contributed by atoms with van der Waals surface area (Å²) < 4.78 is 4.84. The van der Waals surface area contributed by atoms with Gasteiger partial charge in [0.2, 0.25) is 11.8 Å². The molecule has 0 saturated carbocycles. The van der Waals surface area contributed by atoms with Crippen LogP contribution in [0.15, 0.2) is 34.9 Å². The van der Waals surface area contributed by atoms with Crippen molar-refractivity contribution >= 4 is 46.8 Å². The van der Waals surface area contributed by atoms with Gasteiger partial charge in [-0.25, -0.2) is 4.79 Å². The molecule has 0 aliphatic carbocycles. The van der Waals surface area contributed by atoms with Gasteiger partial charge >= 0.3 is 6.03 Å². The van der Waals surface area contributed by atoms with Gasteiger partial charge in [0.25, 0.3) is 0 Å². The Kier molecular flexibility index (Phi) is 6.40.